The van der Waals surface area contributed by atoms with Gasteiger partial charge in [0.2, 0.25) is 5.91 Å². The summed E-state index contributed by atoms with van der Waals surface area (Å²) in [5.41, 5.74) is -0.103. The first-order chi connectivity index (χ1) is 8.09. The minimum atomic E-state index is -1.01. The van der Waals surface area contributed by atoms with E-state index in [0.29, 0.717) is 6.42 Å². The van der Waals surface area contributed by atoms with E-state index in [9.17, 15) is 13.6 Å². The molecule has 1 amide bonds. The fourth-order valence-corrected chi connectivity index (χ4v) is 2.04. The second kappa shape index (κ2) is 4.79. The van der Waals surface area contributed by atoms with Crippen LogP contribution in [0.15, 0.2) is 18.2 Å². The number of carbonyl (C=O) groups is 1. The Morgan fingerprint density at radius 2 is 2.24 bits per heavy atom. The monoisotopic (exact) mass is 240 g/mol. The lowest BCUT2D eigenvalue weighted by molar-refractivity contribution is -0.120. The molecule has 0 spiro atoms. The molecule has 2 atom stereocenters. The molecule has 1 aromatic rings. The van der Waals surface area contributed by atoms with Gasteiger partial charge < -0.3 is 10.6 Å². The predicted octanol–water partition coefficient (Wildman–Crippen LogP) is 1.90. The molecule has 1 heterocycles. The Labute approximate surface area is 98.2 Å². The maximum Gasteiger partial charge on any atom is 0.229 e. The van der Waals surface area contributed by atoms with Crippen LogP contribution in [0.5, 0.6) is 0 Å². The zero-order chi connectivity index (χ0) is 12.4. The zero-order valence-electron chi connectivity index (χ0n) is 9.47. The van der Waals surface area contributed by atoms with Crippen molar-refractivity contribution in [3.05, 3.63) is 29.8 Å². The van der Waals surface area contributed by atoms with Gasteiger partial charge >= 0.3 is 0 Å². The van der Waals surface area contributed by atoms with Crippen LogP contribution in [0.25, 0.3) is 0 Å². The summed E-state index contributed by atoms with van der Waals surface area (Å²) in [6.07, 6.45) is 0.712. The van der Waals surface area contributed by atoms with Crippen molar-refractivity contribution in [2.75, 3.05) is 11.9 Å². The van der Waals surface area contributed by atoms with Crippen molar-refractivity contribution < 1.29 is 13.6 Å². The topological polar surface area (TPSA) is 41.1 Å². The number of carbonyl (C=O) groups excluding carboxylic acids is 1. The van der Waals surface area contributed by atoms with Crippen LogP contribution < -0.4 is 10.6 Å². The van der Waals surface area contributed by atoms with Crippen LogP contribution in [-0.2, 0) is 4.79 Å². The van der Waals surface area contributed by atoms with Crippen molar-refractivity contribution in [2.45, 2.75) is 19.4 Å². The average molecular weight is 240 g/mol. The molecule has 3 nitrogen and oxygen atoms in total. The summed E-state index contributed by atoms with van der Waals surface area (Å²) < 4.78 is 26.3. The summed E-state index contributed by atoms with van der Waals surface area (Å²) in [6, 6.07) is 3.80. The minimum absolute atomic E-state index is 0.0617. The van der Waals surface area contributed by atoms with E-state index in [1.165, 1.54) is 12.1 Å². The standard InChI is InChI=1S/C12H14F2N2O/c1-7-8(5-6-15-7)12(17)16-10-4-2-3-9(13)11(10)14/h2-4,7-8,15H,5-6H2,1H3,(H,16,17). The number of amides is 1. The lowest BCUT2D eigenvalue weighted by atomic mass is 10.0. The van der Waals surface area contributed by atoms with E-state index in [1.807, 2.05) is 6.92 Å². The van der Waals surface area contributed by atoms with Crippen LogP contribution in [0, 0.1) is 17.6 Å². The van der Waals surface area contributed by atoms with Crippen LogP contribution in [0.4, 0.5) is 14.5 Å². The molecule has 1 aromatic carbocycles. The van der Waals surface area contributed by atoms with Crippen molar-refractivity contribution in [2.24, 2.45) is 5.92 Å². The Balaban J connectivity index is 2.10. The van der Waals surface area contributed by atoms with E-state index in [1.54, 1.807) is 0 Å². The highest BCUT2D eigenvalue weighted by Crippen LogP contribution is 2.21. The Bertz CT molecular complexity index is 437. The van der Waals surface area contributed by atoms with Gasteiger partial charge in [0, 0.05) is 6.04 Å². The summed E-state index contributed by atoms with van der Waals surface area (Å²) in [6.45, 7) is 2.67. The molecule has 92 valence electrons. The first kappa shape index (κ1) is 12.0. The van der Waals surface area contributed by atoms with Gasteiger partial charge in [-0.2, -0.15) is 0 Å². The fraction of sp³-hybridized carbons (Fsp3) is 0.417. The van der Waals surface area contributed by atoms with Crippen molar-refractivity contribution in [3.63, 3.8) is 0 Å². The largest absolute Gasteiger partial charge is 0.323 e. The van der Waals surface area contributed by atoms with E-state index in [0.717, 1.165) is 12.6 Å². The Hall–Kier alpha value is -1.49. The lowest BCUT2D eigenvalue weighted by Gasteiger charge is -2.15. The number of hydrogen-bond acceptors (Lipinski definition) is 2. The molecule has 1 aliphatic heterocycles. The molecule has 2 N–H and O–H groups in total. The molecule has 0 aromatic heterocycles. The molecule has 17 heavy (non-hydrogen) atoms. The minimum Gasteiger partial charge on any atom is -0.323 e. The van der Waals surface area contributed by atoms with Crippen molar-refractivity contribution in [3.8, 4) is 0 Å². The molecule has 1 saturated heterocycles. The lowest BCUT2D eigenvalue weighted by Crippen LogP contribution is -2.32. The van der Waals surface area contributed by atoms with Crippen LogP contribution in [-0.4, -0.2) is 18.5 Å². The Morgan fingerprint density at radius 1 is 1.47 bits per heavy atom. The van der Waals surface area contributed by atoms with Crippen molar-refractivity contribution >= 4 is 11.6 Å². The number of nitrogens with one attached hydrogen (secondary N) is 2. The molecule has 1 aliphatic rings. The van der Waals surface area contributed by atoms with Gasteiger partial charge in [0.1, 0.15) is 0 Å². The van der Waals surface area contributed by atoms with Crippen LogP contribution >= 0.6 is 0 Å². The average Bonchev–Trinajstić information content (AvgIpc) is 2.71. The van der Waals surface area contributed by atoms with Gasteiger partial charge in [0.15, 0.2) is 11.6 Å². The molecule has 0 radical (unpaired) electrons. The highest BCUT2D eigenvalue weighted by Gasteiger charge is 2.29. The summed E-state index contributed by atoms with van der Waals surface area (Å²) in [4.78, 5) is 11.8. The number of anilines is 1. The molecular formula is C12H14F2N2O. The Kier molecular flexibility index (Phi) is 3.38. The SMILES string of the molecule is CC1NCCC1C(=O)Nc1cccc(F)c1F. The molecule has 1 fully saturated rings. The van der Waals surface area contributed by atoms with Gasteiger partial charge in [-0.3, -0.25) is 4.79 Å². The third-order valence-electron chi connectivity index (χ3n) is 3.07. The van der Waals surface area contributed by atoms with Crippen molar-refractivity contribution in [1.82, 2.24) is 5.32 Å². The second-order valence-corrected chi connectivity index (χ2v) is 4.23. The quantitative estimate of drug-likeness (QED) is 0.829. The van der Waals surface area contributed by atoms with Gasteiger partial charge in [0.05, 0.1) is 11.6 Å². The first-order valence-corrected chi connectivity index (χ1v) is 5.58. The second-order valence-electron chi connectivity index (χ2n) is 4.23. The van der Waals surface area contributed by atoms with Crippen LogP contribution in [0.3, 0.4) is 0 Å². The first-order valence-electron chi connectivity index (χ1n) is 5.58. The number of hydrogen-bond donors (Lipinski definition) is 2. The van der Waals surface area contributed by atoms with E-state index in [4.69, 9.17) is 0 Å². The van der Waals surface area contributed by atoms with Gasteiger partial charge in [-0.15, -0.1) is 0 Å². The highest BCUT2D eigenvalue weighted by molar-refractivity contribution is 5.93. The maximum atomic E-state index is 13.3. The van der Waals surface area contributed by atoms with Gasteiger partial charge in [-0.05, 0) is 32.0 Å². The normalized spacial score (nSPS) is 23.7. The predicted molar refractivity (Wildman–Crippen MR) is 60.6 cm³/mol. The van der Waals surface area contributed by atoms with Crippen molar-refractivity contribution in [1.29, 1.82) is 0 Å². The number of halogens is 2. The van der Waals surface area contributed by atoms with Crippen LogP contribution in [0.2, 0.25) is 0 Å². The van der Waals surface area contributed by atoms with Gasteiger partial charge in [-0.25, -0.2) is 8.78 Å². The van der Waals surface area contributed by atoms with Crippen LogP contribution in [0.1, 0.15) is 13.3 Å². The van der Waals surface area contributed by atoms with E-state index < -0.39 is 11.6 Å². The molecule has 0 aliphatic carbocycles. The zero-order valence-corrected chi connectivity index (χ0v) is 9.47. The number of rotatable bonds is 2. The molecule has 2 unspecified atom stereocenters. The van der Waals surface area contributed by atoms with E-state index in [2.05, 4.69) is 10.6 Å². The third-order valence-corrected chi connectivity index (χ3v) is 3.07. The molecule has 2 rings (SSSR count). The summed E-state index contributed by atoms with van der Waals surface area (Å²) in [5.74, 6) is -2.44. The highest BCUT2D eigenvalue weighted by atomic mass is 19.2. The smallest absolute Gasteiger partial charge is 0.229 e. The maximum absolute atomic E-state index is 13.3. The summed E-state index contributed by atoms with van der Waals surface area (Å²) in [5, 5.41) is 5.56. The molecule has 5 heteroatoms. The summed E-state index contributed by atoms with van der Waals surface area (Å²) in [7, 11) is 0. The van der Waals surface area contributed by atoms with E-state index >= 15 is 0 Å². The molecular weight excluding hydrogens is 226 g/mol. The third kappa shape index (κ3) is 2.44. The van der Waals surface area contributed by atoms with Gasteiger partial charge in [-0.1, -0.05) is 6.07 Å². The fourth-order valence-electron chi connectivity index (χ4n) is 2.04. The summed E-state index contributed by atoms with van der Waals surface area (Å²) >= 11 is 0. The van der Waals surface area contributed by atoms with Gasteiger partial charge in [0.25, 0.3) is 0 Å². The Morgan fingerprint density at radius 3 is 2.88 bits per heavy atom. The molecule has 0 saturated carbocycles. The molecule has 0 bridgehead atoms. The van der Waals surface area contributed by atoms with E-state index in [-0.39, 0.29) is 23.6 Å². The number of benzene rings is 1.